The van der Waals surface area contributed by atoms with Gasteiger partial charge in [0.2, 0.25) is 0 Å². The molecule has 0 heterocycles. The minimum Gasteiger partial charge on any atom is -0.459 e. The minimum atomic E-state index is -6.46. The van der Waals surface area contributed by atoms with Gasteiger partial charge in [0.05, 0.1) is 0 Å². The monoisotopic (exact) mass is 426 g/mol. The van der Waals surface area contributed by atoms with Gasteiger partial charge in [0, 0.05) is 19.3 Å². The van der Waals surface area contributed by atoms with E-state index in [0.29, 0.717) is 0 Å². The van der Waals surface area contributed by atoms with Crippen LogP contribution < -0.4 is 0 Å². The van der Waals surface area contributed by atoms with E-state index in [9.17, 15) is 44.7 Å². The Hall–Kier alpha value is -2.14. The summed E-state index contributed by atoms with van der Waals surface area (Å²) < 4.78 is 110. The normalized spacial score (nSPS) is 13.8. The standard InChI is InChI=1S/C16H18F8O4/c1-3-6-10(4-2)28-12(26)8-5-7-11(25)27-9-14(19,20)16(23,24)15(21,22)13(17)18/h3-4,10,13H,1-2,5-9H2. The van der Waals surface area contributed by atoms with E-state index in [2.05, 4.69) is 17.9 Å². The highest BCUT2D eigenvalue weighted by atomic mass is 19.4. The fraction of sp³-hybridized carbons (Fsp3) is 0.625. The molecule has 0 saturated carbocycles. The zero-order valence-electron chi connectivity index (χ0n) is 14.4. The van der Waals surface area contributed by atoms with Crippen molar-refractivity contribution in [1.29, 1.82) is 0 Å². The number of rotatable bonds is 13. The summed E-state index contributed by atoms with van der Waals surface area (Å²) in [5.41, 5.74) is 0. The molecule has 0 N–H and O–H groups in total. The lowest BCUT2D eigenvalue weighted by atomic mass is 10.1. The number of alkyl halides is 8. The zero-order chi connectivity index (χ0) is 22.2. The van der Waals surface area contributed by atoms with Gasteiger partial charge in [0.25, 0.3) is 0 Å². The van der Waals surface area contributed by atoms with Crippen LogP contribution >= 0.6 is 0 Å². The fourth-order valence-corrected chi connectivity index (χ4v) is 1.68. The molecule has 0 amide bonds. The summed E-state index contributed by atoms with van der Waals surface area (Å²) in [5.74, 6) is -20.8. The van der Waals surface area contributed by atoms with Gasteiger partial charge in [0.1, 0.15) is 6.10 Å². The number of esters is 2. The van der Waals surface area contributed by atoms with Gasteiger partial charge < -0.3 is 9.47 Å². The Morgan fingerprint density at radius 1 is 0.964 bits per heavy atom. The molecule has 1 atom stereocenters. The second kappa shape index (κ2) is 10.4. The smallest absolute Gasteiger partial charge is 0.381 e. The van der Waals surface area contributed by atoms with Gasteiger partial charge in [-0.25, -0.2) is 8.78 Å². The maximum atomic E-state index is 13.2. The maximum absolute atomic E-state index is 13.2. The third-order valence-electron chi connectivity index (χ3n) is 3.27. The predicted molar refractivity (Wildman–Crippen MR) is 80.5 cm³/mol. The Labute approximate surface area is 155 Å². The topological polar surface area (TPSA) is 52.6 Å². The van der Waals surface area contributed by atoms with Crippen LogP contribution in [0.15, 0.2) is 25.3 Å². The molecule has 0 aliphatic rings. The Morgan fingerprint density at radius 2 is 1.50 bits per heavy atom. The molecule has 12 heteroatoms. The van der Waals surface area contributed by atoms with E-state index in [-0.39, 0.29) is 19.3 Å². The SMILES string of the molecule is C=CCC(C=C)OC(=O)CCCC(=O)OCC(F)(F)C(F)(F)C(F)(F)C(F)F. The van der Waals surface area contributed by atoms with Crippen LogP contribution in [-0.4, -0.2) is 48.8 Å². The Bertz CT molecular complexity index is 563. The number of hydrogen-bond donors (Lipinski definition) is 0. The first kappa shape index (κ1) is 25.9. The van der Waals surface area contributed by atoms with Crippen molar-refractivity contribution >= 4 is 11.9 Å². The molecule has 0 rings (SSSR count). The lowest BCUT2D eigenvalue weighted by Crippen LogP contribution is -2.59. The van der Waals surface area contributed by atoms with Gasteiger partial charge in [-0.1, -0.05) is 18.7 Å². The largest absolute Gasteiger partial charge is 0.459 e. The van der Waals surface area contributed by atoms with Gasteiger partial charge in [-0.3, -0.25) is 9.59 Å². The summed E-state index contributed by atoms with van der Waals surface area (Å²) in [6.07, 6.45) is -4.07. The third kappa shape index (κ3) is 6.79. The highest BCUT2D eigenvalue weighted by molar-refractivity contribution is 5.72. The molecule has 0 spiro atoms. The van der Waals surface area contributed by atoms with Gasteiger partial charge in [-0.05, 0) is 6.42 Å². The predicted octanol–water partition coefficient (Wildman–Crippen LogP) is 4.54. The van der Waals surface area contributed by atoms with Crippen molar-refractivity contribution in [3.05, 3.63) is 25.3 Å². The molecule has 0 aromatic heterocycles. The first-order valence-electron chi connectivity index (χ1n) is 7.73. The highest BCUT2D eigenvalue weighted by Gasteiger charge is 2.75. The van der Waals surface area contributed by atoms with E-state index in [1.807, 2.05) is 0 Å². The van der Waals surface area contributed by atoms with Crippen LogP contribution in [0.2, 0.25) is 0 Å². The number of halogens is 8. The maximum Gasteiger partial charge on any atom is 0.381 e. The Kier molecular flexibility index (Phi) is 9.62. The van der Waals surface area contributed by atoms with Crippen LogP contribution in [-0.2, 0) is 19.1 Å². The van der Waals surface area contributed by atoms with E-state index >= 15 is 0 Å². The minimum absolute atomic E-state index is 0.268. The van der Waals surface area contributed by atoms with E-state index in [0.717, 1.165) is 0 Å². The average molecular weight is 426 g/mol. The number of ether oxygens (including phenoxy) is 2. The first-order chi connectivity index (χ1) is 12.7. The second-order valence-electron chi connectivity index (χ2n) is 5.51. The Balaban J connectivity index is 4.53. The lowest BCUT2D eigenvalue weighted by molar-refractivity contribution is -0.344. The molecule has 0 fully saturated rings. The lowest BCUT2D eigenvalue weighted by Gasteiger charge is -2.31. The van der Waals surface area contributed by atoms with Crippen LogP contribution in [0.1, 0.15) is 25.7 Å². The van der Waals surface area contributed by atoms with Crippen molar-refractivity contribution in [3.63, 3.8) is 0 Å². The van der Waals surface area contributed by atoms with Crippen molar-refractivity contribution in [1.82, 2.24) is 0 Å². The van der Waals surface area contributed by atoms with Crippen molar-refractivity contribution in [3.8, 4) is 0 Å². The van der Waals surface area contributed by atoms with E-state index in [4.69, 9.17) is 4.74 Å². The van der Waals surface area contributed by atoms with Crippen LogP contribution in [0, 0.1) is 0 Å². The van der Waals surface area contributed by atoms with Gasteiger partial charge in [-0.15, -0.1) is 6.58 Å². The molecular formula is C16H18F8O4. The van der Waals surface area contributed by atoms with E-state index in [1.165, 1.54) is 12.2 Å². The summed E-state index contributed by atoms with van der Waals surface area (Å²) in [4.78, 5) is 22.7. The van der Waals surface area contributed by atoms with Gasteiger partial charge in [0.15, 0.2) is 6.61 Å². The molecule has 162 valence electrons. The summed E-state index contributed by atoms with van der Waals surface area (Å²) in [7, 11) is 0. The average Bonchev–Trinajstić information content (AvgIpc) is 2.59. The third-order valence-corrected chi connectivity index (χ3v) is 3.27. The van der Waals surface area contributed by atoms with Crippen molar-refractivity contribution in [2.24, 2.45) is 0 Å². The molecule has 4 nitrogen and oxygen atoms in total. The van der Waals surface area contributed by atoms with E-state index in [1.54, 1.807) is 0 Å². The van der Waals surface area contributed by atoms with Gasteiger partial charge >= 0.3 is 36.1 Å². The van der Waals surface area contributed by atoms with Crippen LogP contribution in [0.3, 0.4) is 0 Å². The summed E-state index contributed by atoms with van der Waals surface area (Å²) in [6, 6.07) is 0. The van der Waals surface area contributed by atoms with Crippen molar-refractivity contribution in [2.45, 2.75) is 56.0 Å². The molecule has 0 bridgehead atoms. The summed E-state index contributed by atoms with van der Waals surface area (Å²) in [5, 5.41) is 0. The molecule has 0 aliphatic heterocycles. The van der Waals surface area contributed by atoms with Crippen LogP contribution in [0.4, 0.5) is 35.1 Å². The van der Waals surface area contributed by atoms with Crippen LogP contribution in [0.25, 0.3) is 0 Å². The molecule has 1 unspecified atom stereocenters. The number of hydrogen-bond acceptors (Lipinski definition) is 4. The highest BCUT2D eigenvalue weighted by Crippen LogP contribution is 2.48. The number of carbonyl (C=O) groups excluding carboxylic acids is 2. The molecule has 0 aliphatic carbocycles. The number of carbonyl (C=O) groups is 2. The van der Waals surface area contributed by atoms with E-state index < -0.39 is 55.3 Å². The first-order valence-corrected chi connectivity index (χ1v) is 7.73. The van der Waals surface area contributed by atoms with Gasteiger partial charge in [-0.2, -0.15) is 26.3 Å². The molecule has 0 saturated heterocycles. The molecule has 28 heavy (non-hydrogen) atoms. The second-order valence-corrected chi connectivity index (χ2v) is 5.51. The summed E-state index contributed by atoms with van der Waals surface area (Å²) >= 11 is 0. The molecule has 0 radical (unpaired) electrons. The molecular weight excluding hydrogens is 408 g/mol. The molecule has 0 aromatic carbocycles. The van der Waals surface area contributed by atoms with Crippen molar-refractivity contribution in [2.75, 3.05) is 6.61 Å². The fourth-order valence-electron chi connectivity index (χ4n) is 1.68. The Morgan fingerprint density at radius 3 is 1.96 bits per heavy atom. The quantitative estimate of drug-likeness (QED) is 0.247. The zero-order valence-corrected chi connectivity index (χ0v) is 14.4. The van der Waals surface area contributed by atoms with Crippen LogP contribution in [0.5, 0.6) is 0 Å². The summed E-state index contributed by atoms with van der Waals surface area (Å²) in [6.45, 7) is 4.29. The van der Waals surface area contributed by atoms with Crippen molar-refractivity contribution < 1.29 is 54.2 Å². The molecule has 0 aromatic rings.